The predicted molar refractivity (Wildman–Crippen MR) is 158 cm³/mol. The van der Waals surface area contributed by atoms with E-state index in [1.54, 1.807) is 6.20 Å². The summed E-state index contributed by atoms with van der Waals surface area (Å²) >= 11 is 8.76. The highest BCUT2D eigenvalue weighted by molar-refractivity contribution is 7.99. The molecule has 5 aromatic rings. The largest absolute Gasteiger partial charge is 0.494 e. The summed E-state index contributed by atoms with van der Waals surface area (Å²) in [6, 6.07) is 25.4. The highest BCUT2D eigenvalue weighted by Gasteiger charge is 2.18. The van der Waals surface area contributed by atoms with Crippen molar-refractivity contribution in [2.24, 2.45) is 0 Å². The number of ether oxygens (including phenoxy) is 1. The number of halogens is 1. The average molecular weight is 576 g/mol. The Labute approximate surface area is 240 Å². The van der Waals surface area contributed by atoms with E-state index in [-0.39, 0.29) is 11.7 Å². The number of anilines is 1. The number of hydrogen-bond donors (Lipinski definition) is 1. The highest BCUT2D eigenvalue weighted by atomic mass is 35.5. The predicted octanol–water partition coefficient (Wildman–Crippen LogP) is 7.15. The third-order valence-electron chi connectivity index (χ3n) is 5.66. The maximum atomic E-state index is 12.8. The van der Waals surface area contributed by atoms with Crippen LogP contribution >= 0.6 is 34.7 Å². The molecule has 0 unspecified atom stereocenters. The first-order valence-corrected chi connectivity index (χ1v) is 14.6. The Hall–Kier alpha value is -3.66. The fourth-order valence-corrected chi connectivity index (χ4v) is 5.56. The molecular weight excluding hydrogens is 550 g/mol. The normalized spacial score (nSPS) is 10.9. The van der Waals surface area contributed by atoms with E-state index in [9.17, 15) is 4.79 Å². The standard InChI is InChI=1S/C29H26ClN5O2S2/c1-2-16-37-24-14-10-21(11-15-24)27-33-34-29(35(27)23-6-4-3-5-7-23)38-19-26(36)32-28-31-18-25(39-28)17-20-8-12-22(30)13-9-20/h3-15,18H,2,16-17,19H2,1H3,(H,31,32,36). The lowest BCUT2D eigenvalue weighted by molar-refractivity contribution is -0.113. The smallest absolute Gasteiger partial charge is 0.236 e. The van der Waals surface area contributed by atoms with Crippen LogP contribution in [0.15, 0.2) is 90.2 Å². The number of thioether (sulfide) groups is 1. The van der Waals surface area contributed by atoms with Gasteiger partial charge >= 0.3 is 0 Å². The molecule has 2 heterocycles. The van der Waals surface area contributed by atoms with Crippen LogP contribution in [0.4, 0.5) is 5.13 Å². The number of hydrogen-bond acceptors (Lipinski definition) is 7. The minimum atomic E-state index is -0.158. The Balaban J connectivity index is 1.27. The molecule has 0 aliphatic rings. The van der Waals surface area contributed by atoms with Crippen molar-refractivity contribution in [1.82, 2.24) is 19.7 Å². The third kappa shape index (κ3) is 7.06. The molecule has 0 spiro atoms. The molecule has 0 atom stereocenters. The molecule has 0 aliphatic heterocycles. The number of rotatable bonds is 11. The zero-order valence-electron chi connectivity index (χ0n) is 21.2. The summed E-state index contributed by atoms with van der Waals surface area (Å²) in [7, 11) is 0. The zero-order chi connectivity index (χ0) is 27.0. The van der Waals surface area contributed by atoms with Crippen LogP contribution in [0.25, 0.3) is 17.1 Å². The maximum Gasteiger partial charge on any atom is 0.236 e. The van der Waals surface area contributed by atoms with Crippen molar-refractivity contribution >= 4 is 45.7 Å². The van der Waals surface area contributed by atoms with Crippen molar-refractivity contribution in [3.63, 3.8) is 0 Å². The van der Waals surface area contributed by atoms with Crippen LogP contribution in [0, 0.1) is 0 Å². The molecule has 39 heavy (non-hydrogen) atoms. The molecule has 0 bridgehead atoms. The molecule has 0 saturated carbocycles. The Bertz CT molecular complexity index is 1520. The van der Waals surface area contributed by atoms with Gasteiger partial charge in [-0.05, 0) is 60.5 Å². The van der Waals surface area contributed by atoms with Gasteiger partial charge in [-0.1, -0.05) is 60.6 Å². The summed E-state index contributed by atoms with van der Waals surface area (Å²) in [5.41, 5.74) is 2.96. The fourth-order valence-electron chi connectivity index (χ4n) is 3.82. The quantitative estimate of drug-likeness (QED) is 0.168. The number of thiazole rings is 1. The van der Waals surface area contributed by atoms with Gasteiger partial charge in [0, 0.05) is 33.8 Å². The Morgan fingerprint density at radius 2 is 1.79 bits per heavy atom. The second kappa shape index (κ2) is 12.9. The summed E-state index contributed by atoms with van der Waals surface area (Å²) in [5.74, 6) is 1.52. The summed E-state index contributed by atoms with van der Waals surface area (Å²) < 4.78 is 7.68. The van der Waals surface area contributed by atoms with Crippen LogP contribution in [0.3, 0.4) is 0 Å². The lowest BCUT2D eigenvalue weighted by atomic mass is 10.1. The minimum absolute atomic E-state index is 0.158. The van der Waals surface area contributed by atoms with Crippen LogP contribution in [0.2, 0.25) is 5.02 Å². The number of carbonyl (C=O) groups excluding carboxylic acids is 1. The van der Waals surface area contributed by atoms with Crippen LogP contribution < -0.4 is 10.1 Å². The van der Waals surface area contributed by atoms with E-state index >= 15 is 0 Å². The second-order valence-electron chi connectivity index (χ2n) is 8.62. The van der Waals surface area contributed by atoms with Crippen molar-refractivity contribution in [3.8, 4) is 22.8 Å². The summed E-state index contributed by atoms with van der Waals surface area (Å²) in [6.45, 7) is 2.75. The second-order valence-corrected chi connectivity index (χ2v) is 11.1. The lowest BCUT2D eigenvalue weighted by Crippen LogP contribution is -2.14. The Kier molecular flexibility index (Phi) is 8.93. The van der Waals surface area contributed by atoms with E-state index in [0.29, 0.717) is 27.7 Å². The SMILES string of the molecule is CCCOc1ccc(-c2nnc(SCC(=O)Nc3ncc(Cc4ccc(Cl)cc4)s3)n2-c2ccccc2)cc1. The van der Waals surface area contributed by atoms with Crippen molar-refractivity contribution in [2.75, 3.05) is 17.7 Å². The van der Waals surface area contributed by atoms with E-state index in [2.05, 4.69) is 27.4 Å². The molecule has 198 valence electrons. The van der Waals surface area contributed by atoms with Gasteiger partial charge in [0.1, 0.15) is 5.75 Å². The molecule has 10 heteroatoms. The first kappa shape index (κ1) is 26.9. The molecule has 7 nitrogen and oxygen atoms in total. The summed E-state index contributed by atoms with van der Waals surface area (Å²) in [6.07, 6.45) is 3.47. The number of carbonyl (C=O) groups is 1. The Morgan fingerprint density at radius 3 is 2.54 bits per heavy atom. The molecular formula is C29H26ClN5O2S2. The molecule has 3 aromatic carbocycles. The van der Waals surface area contributed by atoms with E-state index < -0.39 is 0 Å². The highest BCUT2D eigenvalue weighted by Crippen LogP contribution is 2.29. The third-order valence-corrected chi connectivity index (χ3v) is 7.75. The molecule has 1 amide bonds. The summed E-state index contributed by atoms with van der Waals surface area (Å²) in [4.78, 5) is 18.2. The van der Waals surface area contributed by atoms with Crippen molar-refractivity contribution in [2.45, 2.75) is 24.9 Å². The molecule has 5 rings (SSSR count). The topological polar surface area (TPSA) is 81.9 Å². The first-order chi connectivity index (χ1) is 19.1. The molecule has 0 aliphatic carbocycles. The van der Waals surface area contributed by atoms with Gasteiger partial charge in [0.05, 0.1) is 12.4 Å². The van der Waals surface area contributed by atoms with Gasteiger partial charge in [0.2, 0.25) is 5.91 Å². The first-order valence-electron chi connectivity index (χ1n) is 12.4. The number of amides is 1. The molecule has 2 aromatic heterocycles. The van der Waals surface area contributed by atoms with Gasteiger partial charge in [-0.2, -0.15) is 0 Å². The van der Waals surface area contributed by atoms with Gasteiger partial charge in [-0.3, -0.25) is 9.36 Å². The number of nitrogens with one attached hydrogen (secondary N) is 1. The van der Waals surface area contributed by atoms with E-state index in [1.165, 1.54) is 23.1 Å². The fraction of sp³-hybridized carbons (Fsp3) is 0.172. The van der Waals surface area contributed by atoms with Crippen LogP contribution in [-0.2, 0) is 11.2 Å². The average Bonchev–Trinajstić information content (AvgIpc) is 3.59. The number of para-hydroxylation sites is 1. The van der Waals surface area contributed by atoms with Crippen LogP contribution in [0.1, 0.15) is 23.8 Å². The van der Waals surface area contributed by atoms with Gasteiger partial charge in [0.15, 0.2) is 16.1 Å². The van der Waals surface area contributed by atoms with E-state index in [0.717, 1.165) is 40.3 Å². The van der Waals surface area contributed by atoms with Crippen molar-refractivity contribution in [3.05, 3.63) is 101 Å². The van der Waals surface area contributed by atoms with Crippen LogP contribution in [-0.4, -0.2) is 38.0 Å². The maximum absolute atomic E-state index is 12.8. The van der Waals surface area contributed by atoms with Gasteiger partial charge < -0.3 is 10.1 Å². The van der Waals surface area contributed by atoms with E-state index in [1.807, 2.05) is 83.4 Å². The number of benzene rings is 3. The van der Waals surface area contributed by atoms with Gasteiger partial charge in [-0.25, -0.2) is 4.98 Å². The lowest BCUT2D eigenvalue weighted by Gasteiger charge is -2.11. The molecule has 0 saturated heterocycles. The zero-order valence-corrected chi connectivity index (χ0v) is 23.6. The summed E-state index contributed by atoms with van der Waals surface area (Å²) in [5, 5.41) is 13.7. The Morgan fingerprint density at radius 1 is 1.03 bits per heavy atom. The molecule has 1 N–H and O–H groups in total. The van der Waals surface area contributed by atoms with Crippen molar-refractivity contribution in [1.29, 1.82) is 0 Å². The van der Waals surface area contributed by atoms with Crippen LogP contribution in [0.5, 0.6) is 5.75 Å². The molecule has 0 radical (unpaired) electrons. The minimum Gasteiger partial charge on any atom is -0.494 e. The molecule has 0 fully saturated rings. The number of aromatic nitrogens is 4. The van der Waals surface area contributed by atoms with E-state index in [4.69, 9.17) is 16.3 Å². The van der Waals surface area contributed by atoms with Gasteiger partial charge in [-0.15, -0.1) is 21.5 Å². The monoisotopic (exact) mass is 575 g/mol. The number of nitrogens with zero attached hydrogens (tertiary/aromatic N) is 4. The van der Waals surface area contributed by atoms with Gasteiger partial charge in [0.25, 0.3) is 0 Å². The van der Waals surface area contributed by atoms with Crippen molar-refractivity contribution < 1.29 is 9.53 Å².